The second-order valence-corrected chi connectivity index (χ2v) is 15.9. The minimum atomic E-state index is 0.117. The summed E-state index contributed by atoms with van der Waals surface area (Å²) in [5, 5.41) is 7.90. The van der Waals surface area contributed by atoms with Crippen molar-refractivity contribution in [2.75, 3.05) is 0 Å². The van der Waals surface area contributed by atoms with Gasteiger partial charge in [0.25, 0.3) is 0 Å². The van der Waals surface area contributed by atoms with E-state index in [-0.39, 0.29) is 10.8 Å². The number of hydrogen-bond acceptors (Lipinski definition) is 1. The Balaban J connectivity index is 1.43. The fourth-order valence-corrected chi connectivity index (χ4v) is 9.72. The van der Waals surface area contributed by atoms with Crippen LogP contribution in [0, 0.1) is 0 Å². The molecular formula is C44H36N2S. The Morgan fingerprint density at radius 3 is 1.83 bits per heavy atom. The molecule has 3 heteroatoms. The first-order chi connectivity index (χ1) is 22.8. The molecule has 3 aromatic heterocycles. The van der Waals surface area contributed by atoms with E-state index >= 15 is 0 Å². The molecule has 6 aromatic carbocycles. The van der Waals surface area contributed by atoms with Gasteiger partial charge in [0.1, 0.15) is 0 Å². The van der Waals surface area contributed by atoms with Crippen LogP contribution in [0.2, 0.25) is 0 Å². The molecule has 228 valence electrons. The summed E-state index contributed by atoms with van der Waals surface area (Å²) < 4.78 is 7.72. The van der Waals surface area contributed by atoms with Crippen molar-refractivity contribution in [3.63, 3.8) is 0 Å². The van der Waals surface area contributed by atoms with Gasteiger partial charge in [-0.25, -0.2) is 0 Å². The van der Waals surface area contributed by atoms with E-state index in [1.807, 2.05) is 11.3 Å². The van der Waals surface area contributed by atoms with E-state index in [9.17, 15) is 0 Å². The molecule has 2 nitrogen and oxygen atoms in total. The smallest absolute Gasteiger partial charge is 0.0555 e. The molecule has 9 aromatic rings. The standard InChI is InChI=1S/C44H36N2S/c1-43(2)21-22-44(3,4)34-26-39-30(23-33(34)43)32-25-37-31(28-15-8-10-17-35(28)45(37)27-13-6-5-7-14-27)24-38(32)46(39)36-18-12-20-41-42(36)29-16-9-11-19-40(29)47-41/h5-20,23-26H,21-22H2,1-4H3. The van der Waals surface area contributed by atoms with Gasteiger partial charge in [-0.1, -0.05) is 88.4 Å². The fraction of sp³-hybridized carbons (Fsp3) is 0.182. The van der Waals surface area contributed by atoms with Crippen molar-refractivity contribution in [2.24, 2.45) is 0 Å². The number of hydrogen-bond donors (Lipinski definition) is 0. The molecule has 1 aliphatic rings. The van der Waals surface area contributed by atoms with E-state index in [1.54, 1.807) is 0 Å². The normalized spacial score (nSPS) is 15.8. The van der Waals surface area contributed by atoms with E-state index in [0.717, 1.165) is 0 Å². The van der Waals surface area contributed by atoms with Crippen LogP contribution in [0.5, 0.6) is 0 Å². The summed E-state index contributed by atoms with van der Waals surface area (Å²) in [7, 11) is 0. The lowest BCUT2D eigenvalue weighted by molar-refractivity contribution is 0.332. The van der Waals surface area contributed by atoms with Crippen LogP contribution in [0.4, 0.5) is 0 Å². The molecule has 1 aliphatic carbocycles. The second-order valence-electron chi connectivity index (χ2n) is 14.8. The van der Waals surface area contributed by atoms with Crippen molar-refractivity contribution in [3.05, 3.63) is 132 Å². The average Bonchev–Trinajstić information content (AvgIpc) is 3.73. The lowest BCUT2D eigenvalue weighted by Gasteiger charge is -2.42. The Morgan fingerprint density at radius 1 is 0.468 bits per heavy atom. The van der Waals surface area contributed by atoms with E-state index in [1.165, 1.54) is 99.1 Å². The van der Waals surface area contributed by atoms with Crippen molar-refractivity contribution in [3.8, 4) is 11.4 Å². The number of nitrogens with zero attached hydrogens (tertiary/aromatic N) is 2. The SMILES string of the molecule is CC1(C)CCC(C)(C)c2cc3c(cc21)c1cc2c(cc1n3-c1cccc3sc4ccccc4c13)c1ccccc1n2-c1ccccc1. The van der Waals surface area contributed by atoms with Crippen LogP contribution in [-0.4, -0.2) is 9.13 Å². The molecule has 3 heterocycles. The first-order valence-corrected chi connectivity index (χ1v) is 17.6. The van der Waals surface area contributed by atoms with Gasteiger partial charge in [0, 0.05) is 47.4 Å². The van der Waals surface area contributed by atoms with E-state index in [4.69, 9.17) is 0 Å². The van der Waals surface area contributed by atoms with Gasteiger partial charge in [0.05, 0.1) is 27.8 Å². The molecule has 0 aliphatic heterocycles. The molecule has 0 saturated heterocycles. The third-order valence-corrected chi connectivity index (χ3v) is 12.3. The summed E-state index contributed by atoms with van der Waals surface area (Å²) in [4.78, 5) is 0. The Labute approximate surface area is 278 Å². The molecule has 0 radical (unpaired) electrons. The number of benzene rings is 6. The highest BCUT2D eigenvalue weighted by atomic mass is 32.1. The van der Waals surface area contributed by atoms with E-state index in [0.29, 0.717) is 0 Å². The molecule has 0 spiro atoms. The summed E-state index contributed by atoms with van der Waals surface area (Å²) in [5.74, 6) is 0. The maximum Gasteiger partial charge on any atom is 0.0555 e. The lowest BCUT2D eigenvalue weighted by atomic mass is 9.63. The van der Waals surface area contributed by atoms with Gasteiger partial charge in [0.2, 0.25) is 0 Å². The highest BCUT2D eigenvalue weighted by molar-refractivity contribution is 7.25. The van der Waals surface area contributed by atoms with Gasteiger partial charge >= 0.3 is 0 Å². The average molecular weight is 625 g/mol. The number of aromatic nitrogens is 2. The highest BCUT2D eigenvalue weighted by Gasteiger charge is 2.38. The molecule has 0 saturated carbocycles. The molecule has 47 heavy (non-hydrogen) atoms. The molecule has 0 unspecified atom stereocenters. The van der Waals surface area contributed by atoms with Gasteiger partial charge in [-0.3, -0.25) is 0 Å². The quantitative estimate of drug-likeness (QED) is 0.181. The third kappa shape index (κ3) is 3.72. The van der Waals surface area contributed by atoms with E-state index < -0.39 is 0 Å². The van der Waals surface area contributed by atoms with Crippen LogP contribution >= 0.6 is 11.3 Å². The molecule has 10 rings (SSSR count). The predicted octanol–water partition coefficient (Wildman–Crippen LogP) is 12.6. The zero-order chi connectivity index (χ0) is 31.7. The molecule has 0 atom stereocenters. The minimum absolute atomic E-state index is 0.117. The predicted molar refractivity (Wildman–Crippen MR) is 203 cm³/mol. The molecule has 0 N–H and O–H groups in total. The Kier molecular flexibility index (Phi) is 5.43. The van der Waals surface area contributed by atoms with E-state index in [2.05, 4.69) is 158 Å². The van der Waals surface area contributed by atoms with Crippen molar-refractivity contribution in [1.82, 2.24) is 9.13 Å². The Morgan fingerprint density at radius 2 is 1.04 bits per heavy atom. The van der Waals surface area contributed by atoms with Gasteiger partial charge in [0.15, 0.2) is 0 Å². The van der Waals surface area contributed by atoms with Gasteiger partial charge in [-0.05, 0) is 95.5 Å². The molecule has 0 bridgehead atoms. The monoisotopic (exact) mass is 624 g/mol. The minimum Gasteiger partial charge on any atom is -0.309 e. The van der Waals surface area contributed by atoms with Crippen LogP contribution in [0.25, 0.3) is 75.2 Å². The van der Waals surface area contributed by atoms with Crippen LogP contribution < -0.4 is 0 Å². The molecule has 0 amide bonds. The van der Waals surface area contributed by atoms with Gasteiger partial charge < -0.3 is 9.13 Å². The first kappa shape index (κ1) is 27.3. The summed E-state index contributed by atoms with van der Waals surface area (Å²) in [6.45, 7) is 9.76. The van der Waals surface area contributed by atoms with Crippen LogP contribution in [0.1, 0.15) is 51.7 Å². The van der Waals surface area contributed by atoms with Crippen molar-refractivity contribution < 1.29 is 0 Å². The van der Waals surface area contributed by atoms with Crippen molar-refractivity contribution >= 4 is 75.1 Å². The number of thiophene rings is 1. The van der Waals surface area contributed by atoms with Crippen molar-refractivity contribution in [1.29, 1.82) is 0 Å². The molecule has 0 fully saturated rings. The third-order valence-electron chi connectivity index (χ3n) is 11.2. The zero-order valence-corrected chi connectivity index (χ0v) is 28.1. The zero-order valence-electron chi connectivity index (χ0n) is 27.3. The summed E-state index contributed by atoms with van der Waals surface area (Å²) in [6, 6.07) is 45.6. The maximum absolute atomic E-state index is 2.60. The maximum atomic E-state index is 2.60. The summed E-state index contributed by atoms with van der Waals surface area (Å²) in [5.41, 5.74) is 10.8. The second kappa shape index (κ2) is 9.36. The largest absolute Gasteiger partial charge is 0.309 e. The summed E-state index contributed by atoms with van der Waals surface area (Å²) in [6.07, 6.45) is 2.39. The Bertz CT molecular complexity index is 2730. The fourth-order valence-electron chi connectivity index (χ4n) is 8.59. The van der Waals surface area contributed by atoms with Gasteiger partial charge in [-0.2, -0.15) is 0 Å². The lowest BCUT2D eigenvalue weighted by Crippen LogP contribution is -2.33. The number of fused-ring (bicyclic) bond motifs is 10. The first-order valence-electron chi connectivity index (χ1n) is 16.8. The highest BCUT2D eigenvalue weighted by Crippen LogP contribution is 2.50. The number of para-hydroxylation sites is 2. The van der Waals surface area contributed by atoms with Crippen molar-refractivity contribution in [2.45, 2.75) is 51.4 Å². The van der Waals surface area contributed by atoms with Gasteiger partial charge in [-0.15, -0.1) is 11.3 Å². The summed E-state index contributed by atoms with van der Waals surface area (Å²) >= 11 is 1.89. The Hall–Kier alpha value is -4.86. The van der Waals surface area contributed by atoms with Crippen LogP contribution in [0.15, 0.2) is 121 Å². The topological polar surface area (TPSA) is 9.86 Å². The van der Waals surface area contributed by atoms with Crippen LogP contribution in [0.3, 0.4) is 0 Å². The molecular weight excluding hydrogens is 589 g/mol. The van der Waals surface area contributed by atoms with Crippen LogP contribution in [-0.2, 0) is 10.8 Å². The number of rotatable bonds is 2.